The second-order valence-electron chi connectivity index (χ2n) is 9.17. The number of phenols is 1. The number of amides is 3. The highest BCUT2D eigenvalue weighted by atomic mass is 16.3. The van der Waals surface area contributed by atoms with E-state index in [2.05, 4.69) is 23.5 Å². The van der Waals surface area contributed by atoms with Gasteiger partial charge in [-0.1, -0.05) is 42.0 Å². The quantitative estimate of drug-likeness (QED) is 0.564. The third kappa shape index (κ3) is 3.75. The third-order valence-electron chi connectivity index (χ3n) is 6.74. The van der Waals surface area contributed by atoms with Gasteiger partial charge >= 0.3 is 0 Å². The van der Waals surface area contributed by atoms with Crippen molar-refractivity contribution in [1.82, 2.24) is 10.2 Å². The number of hydrogen-bond donors (Lipinski definition) is 2. The average Bonchev–Trinajstić information content (AvgIpc) is 3.06. The highest BCUT2D eigenvalue weighted by Gasteiger charge is 2.35. The molecule has 1 aliphatic carbocycles. The molecule has 3 aromatic rings. The second kappa shape index (κ2) is 8.45. The highest BCUT2D eigenvalue weighted by Crippen LogP contribution is 2.32. The molecule has 0 fully saturated rings. The Morgan fingerprint density at radius 3 is 2.44 bits per heavy atom. The summed E-state index contributed by atoms with van der Waals surface area (Å²) < 4.78 is 0. The zero-order valence-corrected chi connectivity index (χ0v) is 19.2. The van der Waals surface area contributed by atoms with E-state index in [1.54, 1.807) is 43.3 Å². The molecule has 34 heavy (non-hydrogen) atoms. The van der Waals surface area contributed by atoms with Gasteiger partial charge in [0.05, 0.1) is 29.3 Å². The van der Waals surface area contributed by atoms with Crippen LogP contribution >= 0.6 is 0 Å². The van der Waals surface area contributed by atoms with Crippen LogP contribution in [0.1, 0.15) is 77.8 Å². The molecule has 0 bridgehead atoms. The van der Waals surface area contributed by atoms with Gasteiger partial charge in [-0.25, -0.2) is 0 Å². The first-order valence-electron chi connectivity index (χ1n) is 11.5. The van der Waals surface area contributed by atoms with Crippen LogP contribution in [-0.2, 0) is 13.0 Å². The Balaban J connectivity index is 1.41. The van der Waals surface area contributed by atoms with Crippen molar-refractivity contribution in [1.29, 1.82) is 0 Å². The van der Waals surface area contributed by atoms with Gasteiger partial charge in [0, 0.05) is 0 Å². The smallest absolute Gasteiger partial charge is 0.261 e. The van der Waals surface area contributed by atoms with Crippen molar-refractivity contribution in [2.45, 2.75) is 45.7 Å². The molecule has 172 valence electrons. The molecule has 6 nitrogen and oxygen atoms in total. The maximum atomic E-state index is 13.3. The number of rotatable bonds is 4. The van der Waals surface area contributed by atoms with E-state index < -0.39 is 0 Å². The minimum atomic E-state index is -0.371. The fourth-order valence-electron chi connectivity index (χ4n) is 4.99. The van der Waals surface area contributed by atoms with Crippen molar-refractivity contribution in [2.75, 3.05) is 0 Å². The standard InChI is InChI=1S/C28H26N2O4/c1-16-10-11-19-6-5-9-24(22(19)12-16)29-26(32)23-14-18(13-17(2)25(23)31)15-30-27(33)20-7-3-4-8-21(20)28(30)34/h3-4,7-8,10-14,24,31H,5-6,9,15H2,1-2H3,(H,29,32)/t24-/m0/s1. The number of hydrogen-bond acceptors (Lipinski definition) is 4. The second-order valence-corrected chi connectivity index (χ2v) is 9.17. The molecule has 1 atom stereocenters. The zero-order valence-electron chi connectivity index (χ0n) is 19.2. The van der Waals surface area contributed by atoms with Gasteiger partial charge in [-0.05, 0) is 73.6 Å². The normalized spacial score (nSPS) is 16.9. The van der Waals surface area contributed by atoms with Crippen LogP contribution in [0.3, 0.4) is 0 Å². The number of nitrogens with zero attached hydrogens (tertiary/aromatic N) is 1. The fourth-order valence-corrected chi connectivity index (χ4v) is 4.99. The van der Waals surface area contributed by atoms with Gasteiger partial charge in [0.1, 0.15) is 5.75 Å². The molecule has 0 saturated heterocycles. The predicted octanol–water partition coefficient (Wildman–Crippen LogP) is 4.61. The Labute approximate surface area is 198 Å². The minimum absolute atomic E-state index is 0.0270. The summed E-state index contributed by atoms with van der Waals surface area (Å²) in [5.41, 5.74) is 5.53. The molecule has 0 radical (unpaired) electrons. The maximum Gasteiger partial charge on any atom is 0.261 e. The average molecular weight is 455 g/mol. The molecule has 6 heteroatoms. The van der Waals surface area contributed by atoms with Crippen molar-refractivity contribution in [2.24, 2.45) is 0 Å². The summed E-state index contributed by atoms with van der Waals surface area (Å²) in [6.45, 7) is 3.77. The Hall–Kier alpha value is -3.93. The van der Waals surface area contributed by atoms with Crippen LogP contribution in [0, 0.1) is 13.8 Å². The van der Waals surface area contributed by atoms with Gasteiger partial charge in [0.2, 0.25) is 0 Å². The van der Waals surface area contributed by atoms with E-state index in [1.165, 1.54) is 10.5 Å². The fraction of sp³-hybridized carbons (Fsp3) is 0.250. The Morgan fingerprint density at radius 1 is 1.03 bits per heavy atom. The number of aryl methyl sites for hydroxylation is 3. The molecule has 0 unspecified atom stereocenters. The summed E-state index contributed by atoms with van der Waals surface area (Å²) in [7, 11) is 0. The lowest BCUT2D eigenvalue weighted by Gasteiger charge is -2.27. The Kier molecular flexibility index (Phi) is 5.44. The summed E-state index contributed by atoms with van der Waals surface area (Å²) in [6, 6.07) is 16.2. The number of benzene rings is 3. The van der Waals surface area contributed by atoms with Crippen LogP contribution in [0.5, 0.6) is 5.75 Å². The van der Waals surface area contributed by atoms with Gasteiger partial charge in [-0.15, -0.1) is 0 Å². The minimum Gasteiger partial charge on any atom is -0.507 e. The first-order chi connectivity index (χ1) is 16.3. The number of imide groups is 1. The Morgan fingerprint density at radius 2 is 1.74 bits per heavy atom. The molecule has 0 spiro atoms. The van der Waals surface area contributed by atoms with Crippen LogP contribution in [0.15, 0.2) is 54.6 Å². The monoisotopic (exact) mass is 454 g/mol. The molecule has 2 aliphatic rings. The van der Waals surface area contributed by atoms with Crippen LogP contribution in [0.25, 0.3) is 0 Å². The van der Waals surface area contributed by atoms with Gasteiger partial charge < -0.3 is 10.4 Å². The third-order valence-corrected chi connectivity index (χ3v) is 6.74. The van der Waals surface area contributed by atoms with Gasteiger partial charge in [0.15, 0.2) is 0 Å². The Bertz CT molecular complexity index is 1310. The zero-order chi connectivity index (χ0) is 24.0. The molecular weight excluding hydrogens is 428 g/mol. The maximum absolute atomic E-state index is 13.3. The molecular formula is C28H26N2O4. The first kappa shape index (κ1) is 21.9. The van der Waals surface area contributed by atoms with Crippen LogP contribution < -0.4 is 5.32 Å². The summed E-state index contributed by atoms with van der Waals surface area (Å²) in [5, 5.41) is 13.8. The summed E-state index contributed by atoms with van der Waals surface area (Å²) in [5.74, 6) is -1.17. The summed E-state index contributed by atoms with van der Waals surface area (Å²) in [6.07, 6.45) is 2.80. The van der Waals surface area contributed by atoms with Crippen molar-refractivity contribution in [3.8, 4) is 5.75 Å². The summed E-state index contributed by atoms with van der Waals surface area (Å²) in [4.78, 5) is 40.0. The van der Waals surface area contributed by atoms with E-state index in [9.17, 15) is 19.5 Å². The number of carbonyl (C=O) groups excluding carboxylic acids is 3. The lowest BCUT2D eigenvalue weighted by Crippen LogP contribution is -2.32. The van der Waals surface area contributed by atoms with E-state index in [1.807, 2.05) is 6.92 Å². The lowest BCUT2D eigenvalue weighted by molar-refractivity contribution is 0.0642. The van der Waals surface area contributed by atoms with Gasteiger partial charge in [-0.2, -0.15) is 0 Å². The first-order valence-corrected chi connectivity index (χ1v) is 11.5. The van der Waals surface area contributed by atoms with Crippen molar-refractivity contribution < 1.29 is 19.5 Å². The van der Waals surface area contributed by atoms with E-state index in [4.69, 9.17) is 0 Å². The van der Waals surface area contributed by atoms with Crippen molar-refractivity contribution in [3.63, 3.8) is 0 Å². The molecule has 2 N–H and O–H groups in total. The predicted molar refractivity (Wildman–Crippen MR) is 128 cm³/mol. The van der Waals surface area contributed by atoms with Gasteiger partial charge in [0.25, 0.3) is 17.7 Å². The van der Waals surface area contributed by atoms with E-state index in [-0.39, 0.29) is 41.6 Å². The number of nitrogens with one attached hydrogen (secondary N) is 1. The summed E-state index contributed by atoms with van der Waals surface area (Å²) >= 11 is 0. The molecule has 0 aromatic heterocycles. The SMILES string of the molecule is Cc1ccc2c(c1)[C@@H](NC(=O)c1cc(CN3C(=O)c4ccccc4C3=O)cc(C)c1O)CCC2. The molecule has 1 aliphatic heterocycles. The lowest BCUT2D eigenvalue weighted by atomic mass is 9.86. The van der Waals surface area contributed by atoms with Crippen LogP contribution in [-0.4, -0.2) is 27.7 Å². The highest BCUT2D eigenvalue weighted by molar-refractivity contribution is 6.21. The van der Waals surface area contributed by atoms with Crippen molar-refractivity contribution in [3.05, 3.63) is 99.1 Å². The van der Waals surface area contributed by atoms with Crippen LogP contribution in [0.4, 0.5) is 0 Å². The molecule has 1 heterocycles. The molecule has 5 rings (SSSR count). The number of carbonyl (C=O) groups is 3. The molecule has 3 amide bonds. The van der Waals surface area contributed by atoms with Gasteiger partial charge in [-0.3, -0.25) is 19.3 Å². The molecule has 0 saturated carbocycles. The van der Waals surface area contributed by atoms with E-state index in [0.717, 1.165) is 30.4 Å². The van der Waals surface area contributed by atoms with E-state index in [0.29, 0.717) is 22.3 Å². The number of phenolic OH excluding ortho intramolecular Hbond substituents is 1. The number of aromatic hydroxyl groups is 1. The largest absolute Gasteiger partial charge is 0.507 e. The van der Waals surface area contributed by atoms with Crippen LogP contribution in [0.2, 0.25) is 0 Å². The van der Waals surface area contributed by atoms with E-state index >= 15 is 0 Å². The molecule has 3 aromatic carbocycles. The topological polar surface area (TPSA) is 86.7 Å². The van der Waals surface area contributed by atoms with Crippen molar-refractivity contribution >= 4 is 17.7 Å². The number of fused-ring (bicyclic) bond motifs is 2.